The number of phenolic OH excluding ortho intramolecular Hbond substituents is 1. The fourth-order valence-electron chi connectivity index (χ4n) is 2.56. The Morgan fingerprint density at radius 3 is 2.61 bits per heavy atom. The number of aromatic hydroxyl groups is 1. The lowest BCUT2D eigenvalue weighted by atomic mass is 10.1. The molecule has 144 valence electrons. The molecule has 2 N–H and O–H groups in total. The maximum atomic E-state index is 12.5. The quantitative estimate of drug-likeness (QED) is 0.658. The van der Waals surface area contributed by atoms with Crippen molar-refractivity contribution in [1.29, 1.82) is 0 Å². The normalized spacial score (nSPS) is 15.4. The van der Waals surface area contributed by atoms with Crippen LogP contribution < -0.4 is 5.32 Å². The monoisotopic (exact) mass is 460 g/mol. The number of anilines is 1. The van der Waals surface area contributed by atoms with Crippen LogP contribution >= 0.6 is 27.7 Å². The molecule has 0 saturated carbocycles. The maximum absolute atomic E-state index is 12.5. The van der Waals surface area contributed by atoms with Gasteiger partial charge >= 0.3 is 0 Å². The molecule has 1 fully saturated rings. The third-order valence-corrected chi connectivity index (χ3v) is 5.78. The van der Waals surface area contributed by atoms with Gasteiger partial charge in [-0.05, 0) is 88.6 Å². The van der Waals surface area contributed by atoms with E-state index in [1.807, 2.05) is 26.0 Å². The van der Waals surface area contributed by atoms with Crippen LogP contribution in [0.2, 0.25) is 0 Å². The first-order valence-electron chi connectivity index (χ1n) is 8.35. The van der Waals surface area contributed by atoms with Gasteiger partial charge < -0.3 is 10.4 Å². The highest BCUT2D eigenvalue weighted by molar-refractivity contribution is 9.10. The highest BCUT2D eigenvalue weighted by Gasteiger charge is 2.36. The Labute approximate surface area is 174 Å². The first-order valence-corrected chi connectivity index (χ1v) is 9.96. The third kappa shape index (κ3) is 4.45. The lowest BCUT2D eigenvalue weighted by Crippen LogP contribution is -2.36. The summed E-state index contributed by atoms with van der Waals surface area (Å²) in [5.41, 5.74) is 3.40. The molecule has 1 heterocycles. The van der Waals surface area contributed by atoms with Crippen molar-refractivity contribution in [2.45, 2.75) is 13.8 Å². The van der Waals surface area contributed by atoms with Gasteiger partial charge in [0.25, 0.3) is 11.1 Å². The second kappa shape index (κ2) is 8.20. The third-order valence-electron chi connectivity index (χ3n) is 4.24. The van der Waals surface area contributed by atoms with E-state index in [0.717, 1.165) is 27.8 Å². The average molecular weight is 461 g/mol. The molecule has 0 radical (unpaired) electrons. The van der Waals surface area contributed by atoms with Crippen LogP contribution in [-0.4, -0.2) is 33.6 Å². The molecule has 28 heavy (non-hydrogen) atoms. The molecular weight excluding hydrogens is 444 g/mol. The molecule has 0 bridgehead atoms. The van der Waals surface area contributed by atoms with Crippen LogP contribution in [0, 0.1) is 13.8 Å². The predicted octanol–water partition coefficient (Wildman–Crippen LogP) is 4.45. The van der Waals surface area contributed by atoms with Crippen LogP contribution in [0.3, 0.4) is 0 Å². The van der Waals surface area contributed by atoms with Crippen molar-refractivity contribution in [2.75, 3.05) is 11.9 Å². The molecule has 0 spiro atoms. The molecule has 0 atom stereocenters. The Morgan fingerprint density at radius 1 is 1.18 bits per heavy atom. The number of aryl methyl sites for hydroxylation is 2. The standard InChI is InChI=1S/C20H17BrN2O4S/c1-11-3-5-14(7-12(11)2)22-18(25)10-23-19(26)17(28-20(23)27)9-13-4-6-16(24)15(21)8-13/h3-9,24H,10H2,1-2H3,(H,22,25)/b17-9+. The van der Waals surface area contributed by atoms with Gasteiger partial charge in [-0.25, -0.2) is 0 Å². The largest absolute Gasteiger partial charge is 0.507 e. The summed E-state index contributed by atoms with van der Waals surface area (Å²) in [6.07, 6.45) is 1.55. The number of imide groups is 1. The van der Waals surface area contributed by atoms with E-state index >= 15 is 0 Å². The van der Waals surface area contributed by atoms with E-state index in [9.17, 15) is 19.5 Å². The summed E-state index contributed by atoms with van der Waals surface area (Å²) in [7, 11) is 0. The van der Waals surface area contributed by atoms with Crippen LogP contribution in [0.5, 0.6) is 5.75 Å². The second-order valence-corrected chi connectivity index (χ2v) is 8.17. The molecule has 0 aromatic heterocycles. The molecule has 1 aliphatic rings. The smallest absolute Gasteiger partial charge is 0.294 e. The van der Waals surface area contributed by atoms with Crippen LogP contribution in [-0.2, 0) is 9.59 Å². The maximum Gasteiger partial charge on any atom is 0.294 e. The Kier molecular flexibility index (Phi) is 5.90. The Morgan fingerprint density at radius 2 is 1.93 bits per heavy atom. The number of carbonyl (C=O) groups excluding carboxylic acids is 3. The first-order chi connectivity index (χ1) is 13.2. The Balaban J connectivity index is 1.70. The van der Waals surface area contributed by atoms with E-state index in [4.69, 9.17) is 0 Å². The summed E-state index contributed by atoms with van der Waals surface area (Å²) in [5, 5.41) is 11.8. The number of phenols is 1. The number of rotatable bonds is 4. The van der Waals surface area contributed by atoms with Gasteiger partial charge in [-0.3, -0.25) is 19.3 Å². The zero-order chi connectivity index (χ0) is 20.4. The van der Waals surface area contributed by atoms with Crippen LogP contribution in [0.25, 0.3) is 6.08 Å². The molecule has 3 rings (SSSR count). The van der Waals surface area contributed by atoms with Crippen molar-refractivity contribution >= 4 is 56.5 Å². The molecule has 0 unspecified atom stereocenters. The fourth-order valence-corrected chi connectivity index (χ4v) is 3.80. The van der Waals surface area contributed by atoms with Crippen molar-refractivity contribution in [1.82, 2.24) is 4.90 Å². The summed E-state index contributed by atoms with van der Waals surface area (Å²) in [5.74, 6) is -0.887. The van der Waals surface area contributed by atoms with Crippen molar-refractivity contribution in [2.24, 2.45) is 0 Å². The van der Waals surface area contributed by atoms with Crippen molar-refractivity contribution in [3.8, 4) is 5.75 Å². The van der Waals surface area contributed by atoms with Gasteiger partial charge in [0, 0.05) is 5.69 Å². The van der Waals surface area contributed by atoms with Gasteiger partial charge in [-0.2, -0.15) is 0 Å². The molecule has 2 aromatic carbocycles. The van der Waals surface area contributed by atoms with Crippen LogP contribution in [0.1, 0.15) is 16.7 Å². The summed E-state index contributed by atoms with van der Waals surface area (Å²) in [6, 6.07) is 10.2. The number of amides is 3. The van der Waals surface area contributed by atoms with Gasteiger partial charge in [0.05, 0.1) is 9.38 Å². The lowest BCUT2D eigenvalue weighted by molar-refractivity contribution is -0.127. The number of hydrogen-bond donors (Lipinski definition) is 2. The lowest BCUT2D eigenvalue weighted by Gasteiger charge is -2.13. The number of thioether (sulfide) groups is 1. The van der Waals surface area contributed by atoms with Crippen LogP contribution in [0.4, 0.5) is 10.5 Å². The second-order valence-electron chi connectivity index (χ2n) is 6.33. The van der Waals surface area contributed by atoms with Crippen molar-refractivity contribution < 1.29 is 19.5 Å². The number of nitrogens with zero attached hydrogens (tertiary/aromatic N) is 1. The highest BCUT2D eigenvalue weighted by Crippen LogP contribution is 2.33. The van der Waals surface area contributed by atoms with E-state index < -0.39 is 17.1 Å². The van der Waals surface area contributed by atoms with E-state index in [1.54, 1.807) is 24.3 Å². The van der Waals surface area contributed by atoms with Crippen molar-refractivity contribution in [3.63, 3.8) is 0 Å². The molecular formula is C20H17BrN2O4S. The molecule has 2 aromatic rings. The van der Waals surface area contributed by atoms with E-state index in [-0.39, 0.29) is 17.2 Å². The van der Waals surface area contributed by atoms with Gasteiger partial charge in [-0.1, -0.05) is 12.1 Å². The number of halogens is 1. The zero-order valence-corrected chi connectivity index (χ0v) is 17.6. The minimum Gasteiger partial charge on any atom is -0.507 e. The van der Waals surface area contributed by atoms with Gasteiger partial charge in [0.1, 0.15) is 12.3 Å². The van der Waals surface area contributed by atoms with E-state index in [0.29, 0.717) is 15.7 Å². The SMILES string of the molecule is Cc1ccc(NC(=O)CN2C(=O)S/C(=C/c3ccc(O)c(Br)c3)C2=O)cc1C. The van der Waals surface area contributed by atoms with Gasteiger partial charge in [0.2, 0.25) is 5.91 Å². The topological polar surface area (TPSA) is 86.7 Å². The molecule has 3 amide bonds. The average Bonchev–Trinajstić information content (AvgIpc) is 2.89. The Hall–Kier alpha value is -2.58. The van der Waals surface area contributed by atoms with Gasteiger partial charge in [-0.15, -0.1) is 0 Å². The molecule has 0 aliphatic carbocycles. The summed E-state index contributed by atoms with van der Waals surface area (Å²) in [6.45, 7) is 3.56. The van der Waals surface area contributed by atoms with Crippen LogP contribution in [0.15, 0.2) is 45.8 Å². The molecule has 8 heteroatoms. The summed E-state index contributed by atoms with van der Waals surface area (Å²) < 4.78 is 0.480. The van der Waals surface area contributed by atoms with E-state index in [1.165, 1.54) is 6.07 Å². The molecule has 1 aliphatic heterocycles. The minimum atomic E-state index is -0.519. The summed E-state index contributed by atoms with van der Waals surface area (Å²) >= 11 is 3.99. The Bertz CT molecular complexity index is 1020. The molecule has 1 saturated heterocycles. The molecule has 6 nitrogen and oxygen atoms in total. The van der Waals surface area contributed by atoms with E-state index in [2.05, 4.69) is 21.2 Å². The highest BCUT2D eigenvalue weighted by atomic mass is 79.9. The minimum absolute atomic E-state index is 0.0771. The predicted molar refractivity (Wildman–Crippen MR) is 113 cm³/mol. The number of benzene rings is 2. The zero-order valence-electron chi connectivity index (χ0n) is 15.2. The first kappa shape index (κ1) is 20.2. The van der Waals surface area contributed by atoms with Gasteiger partial charge in [0.15, 0.2) is 0 Å². The number of nitrogens with one attached hydrogen (secondary N) is 1. The summed E-state index contributed by atoms with van der Waals surface area (Å²) in [4.78, 5) is 38.2. The number of carbonyl (C=O) groups is 3. The fraction of sp³-hybridized carbons (Fsp3) is 0.150. The van der Waals surface area contributed by atoms with Crippen molar-refractivity contribution in [3.05, 3.63) is 62.5 Å². The number of hydrogen-bond acceptors (Lipinski definition) is 5.